The third-order valence-electron chi connectivity index (χ3n) is 6.85. The summed E-state index contributed by atoms with van der Waals surface area (Å²) >= 11 is 0. The lowest BCUT2D eigenvalue weighted by Gasteiger charge is -2.28. The van der Waals surface area contributed by atoms with Crippen LogP contribution in [0.2, 0.25) is 0 Å². The van der Waals surface area contributed by atoms with E-state index in [0.29, 0.717) is 11.6 Å². The van der Waals surface area contributed by atoms with E-state index < -0.39 is 65.3 Å². The Morgan fingerprint density at radius 2 is 1.86 bits per heavy atom. The van der Waals surface area contributed by atoms with E-state index in [1.807, 2.05) is 0 Å². The molecule has 2 N–H and O–H groups in total. The van der Waals surface area contributed by atoms with Crippen molar-refractivity contribution in [1.29, 1.82) is 0 Å². The number of esters is 1. The Labute approximate surface area is 241 Å². The molecule has 2 heterocycles. The van der Waals surface area contributed by atoms with Crippen molar-refractivity contribution in [2.45, 2.75) is 64.5 Å². The molecule has 1 aromatic heterocycles. The van der Waals surface area contributed by atoms with E-state index in [-0.39, 0.29) is 42.6 Å². The molecule has 1 saturated heterocycles. The second-order valence-electron chi connectivity index (χ2n) is 11.3. The number of β-amino-alcohol motifs (C(OH)–C–C–N with tert-alkyl or cyclic N) is 1. The minimum Gasteiger partial charge on any atom is -0.486 e. The van der Waals surface area contributed by atoms with Crippen LogP contribution < -0.4 is 10.2 Å². The SMILES string of the molecule is CCn1cc(C(=O)OCc2ccccc2)c(=O)c2cc(F)c(F)c(OC[C@@H]3C[C@@](O)(CO)CN3C(=O)OC(C)(C)C)c21. The van der Waals surface area contributed by atoms with Crippen LogP contribution in [0.4, 0.5) is 13.6 Å². The van der Waals surface area contributed by atoms with Gasteiger partial charge in [0.25, 0.3) is 0 Å². The molecule has 2 atom stereocenters. The fourth-order valence-electron chi connectivity index (χ4n) is 4.84. The van der Waals surface area contributed by atoms with E-state index in [1.54, 1.807) is 58.0 Å². The van der Waals surface area contributed by atoms with Crippen LogP contribution in [0.15, 0.2) is 47.4 Å². The van der Waals surface area contributed by atoms with Crippen molar-refractivity contribution < 1.29 is 42.8 Å². The molecule has 226 valence electrons. The lowest BCUT2D eigenvalue weighted by atomic mass is 10.0. The number of hydrogen-bond donors (Lipinski definition) is 2. The van der Waals surface area contributed by atoms with Gasteiger partial charge < -0.3 is 29.0 Å². The number of pyridine rings is 1. The van der Waals surface area contributed by atoms with E-state index in [9.17, 15) is 29.0 Å². The van der Waals surface area contributed by atoms with Gasteiger partial charge in [-0.3, -0.25) is 9.69 Å². The van der Waals surface area contributed by atoms with Gasteiger partial charge in [0.1, 0.15) is 30.0 Å². The summed E-state index contributed by atoms with van der Waals surface area (Å²) in [5.74, 6) is -4.28. The van der Waals surface area contributed by atoms with Crippen LogP contribution in [0.3, 0.4) is 0 Å². The van der Waals surface area contributed by atoms with Crippen LogP contribution >= 0.6 is 0 Å². The summed E-state index contributed by atoms with van der Waals surface area (Å²) in [4.78, 5) is 40.2. The second-order valence-corrected chi connectivity index (χ2v) is 11.3. The molecule has 1 aliphatic heterocycles. The standard InChI is InChI=1S/C30H34F2N2O8/c1-5-33-13-21(27(37)41-14-18-9-7-6-8-10-18)25(36)20-11-22(31)23(32)26(24(20)33)40-15-19-12-30(39,17-35)16-34(19)28(38)42-29(2,3)4/h6-11,13,19,35,39H,5,12,14-17H2,1-4H3/t19-,30-/m0/s1. The van der Waals surface area contributed by atoms with Gasteiger partial charge in [-0.25, -0.2) is 14.0 Å². The van der Waals surface area contributed by atoms with Crippen LogP contribution in [0.25, 0.3) is 10.9 Å². The maximum absolute atomic E-state index is 15.2. The van der Waals surface area contributed by atoms with Crippen molar-refractivity contribution in [1.82, 2.24) is 9.47 Å². The molecule has 1 fully saturated rings. The zero-order valence-corrected chi connectivity index (χ0v) is 23.9. The number of amides is 1. The highest BCUT2D eigenvalue weighted by atomic mass is 19.2. The van der Waals surface area contributed by atoms with Gasteiger partial charge in [0.2, 0.25) is 11.2 Å². The number of carbonyl (C=O) groups is 2. The number of carbonyl (C=O) groups excluding carboxylic acids is 2. The first-order valence-electron chi connectivity index (χ1n) is 13.5. The molecule has 42 heavy (non-hydrogen) atoms. The topological polar surface area (TPSA) is 128 Å². The van der Waals surface area contributed by atoms with Crippen molar-refractivity contribution in [2.24, 2.45) is 0 Å². The van der Waals surface area contributed by atoms with Gasteiger partial charge in [-0.05, 0) is 39.3 Å². The van der Waals surface area contributed by atoms with E-state index in [1.165, 1.54) is 10.8 Å². The third-order valence-corrected chi connectivity index (χ3v) is 6.85. The molecule has 0 radical (unpaired) electrons. The van der Waals surface area contributed by atoms with Gasteiger partial charge >= 0.3 is 12.1 Å². The summed E-state index contributed by atoms with van der Waals surface area (Å²) in [6, 6.07) is 8.65. The fraction of sp³-hybridized carbons (Fsp3) is 0.433. The summed E-state index contributed by atoms with van der Waals surface area (Å²) in [7, 11) is 0. The average molecular weight is 589 g/mol. The number of ether oxygens (including phenoxy) is 3. The molecule has 3 aromatic rings. The van der Waals surface area contributed by atoms with E-state index in [2.05, 4.69) is 0 Å². The van der Waals surface area contributed by atoms with Gasteiger partial charge in [-0.15, -0.1) is 0 Å². The number of aryl methyl sites for hydroxylation is 1. The largest absolute Gasteiger partial charge is 0.486 e. The summed E-state index contributed by atoms with van der Waals surface area (Å²) in [5, 5.41) is 20.1. The number of hydrogen-bond acceptors (Lipinski definition) is 8. The molecule has 1 aliphatic rings. The highest BCUT2D eigenvalue weighted by Crippen LogP contribution is 2.33. The Hall–Kier alpha value is -4.03. The molecule has 0 saturated carbocycles. The maximum Gasteiger partial charge on any atom is 0.410 e. The summed E-state index contributed by atoms with van der Waals surface area (Å²) in [6.07, 6.45) is 0.291. The zero-order valence-electron chi connectivity index (χ0n) is 23.9. The molecule has 0 spiro atoms. The first-order chi connectivity index (χ1) is 19.8. The number of benzene rings is 2. The predicted molar refractivity (Wildman–Crippen MR) is 148 cm³/mol. The normalized spacial score (nSPS) is 18.8. The van der Waals surface area contributed by atoms with Crippen molar-refractivity contribution in [3.63, 3.8) is 0 Å². The number of aliphatic hydroxyl groups excluding tert-OH is 1. The quantitative estimate of drug-likeness (QED) is 0.381. The Bertz CT molecular complexity index is 1540. The van der Waals surface area contributed by atoms with Gasteiger partial charge in [0.05, 0.1) is 30.1 Å². The highest BCUT2D eigenvalue weighted by Gasteiger charge is 2.46. The van der Waals surface area contributed by atoms with Crippen molar-refractivity contribution in [3.05, 3.63) is 75.6 Å². The molecule has 0 bridgehead atoms. The molecular weight excluding hydrogens is 554 g/mol. The van der Waals surface area contributed by atoms with Crippen molar-refractivity contribution in [2.75, 3.05) is 19.8 Å². The first kappa shape index (κ1) is 30.9. The fourth-order valence-corrected chi connectivity index (χ4v) is 4.84. The van der Waals surface area contributed by atoms with E-state index in [4.69, 9.17) is 14.2 Å². The number of nitrogens with zero attached hydrogens (tertiary/aromatic N) is 2. The van der Waals surface area contributed by atoms with Crippen LogP contribution in [0, 0.1) is 11.6 Å². The monoisotopic (exact) mass is 588 g/mol. The molecule has 1 amide bonds. The van der Waals surface area contributed by atoms with Crippen LogP contribution in [-0.4, -0.2) is 68.7 Å². The summed E-state index contributed by atoms with van der Waals surface area (Å²) in [5.41, 5.74) is -3.15. The molecule has 10 nitrogen and oxygen atoms in total. The number of likely N-dealkylation sites (tertiary alicyclic amines) is 1. The van der Waals surface area contributed by atoms with Gasteiger partial charge in [0, 0.05) is 19.2 Å². The number of halogens is 2. The molecule has 0 aliphatic carbocycles. The van der Waals surface area contributed by atoms with Crippen LogP contribution in [0.1, 0.15) is 50.0 Å². The minimum atomic E-state index is -1.66. The van der Waals surface area contributed by atoms with Gasteiger partial charge in [0.15, 0.2) is 11.6 Å². The smallest absolute Gasteiger partial charge is 0.410 e. The Morgan fingerprint density at radius 3 is 2.48 bits per heavy atom. The minimum absolute atomic E-state index is 0.0921. The lowest BCUT2D eigenvalue weighted by molar-refractivity contribution is -0.0124. The lowest BCUT2D eigenvalue weighted by Crippen LogP contribution is -2.43. The number of aliphatic hydroxyl groups is 2. The molecule has 0 unspecified atom stereocenters. The maximum atomic E-state index is 15.2. The predicted octanol–water partition coefficient (Wildman–Crippen LogP) is 3.77. The van der Waals surface area contributed by atoms with E-state index >= 15 is 4.39 Å². The zero-order chi connectivity index (χ0) is 30.8. The second kappa shape index (κ2) is 12.1. The molecule has 2 aromatic carbocycles. The Balaban J connectivity index is 1.68. The summed E-state index contributed by atoms with van der Waals surface area (Å²) < 4.78 is 47.8. The van der Waals surface area contributed by atoms with Gasteiger partial charge in [-0.1, -0.05) is 30.3 Å². The van der Waals surface area contributed by atoms with Crippen molar-refractivity contribution in [3.8, 4) is 5.75 Å². The van der Waals surface area contributed by atoms with E-state index in [0.717, 1.165) is 4.90 Å². The van der Waals surface area contributed by atoms with Gasteiger partial charge in [-0.2, -0.15) is 4.39 Å². The molecule has 12 heteroatoms. The first-order valence-corrected chi connectivity index (χ1v) is 13.5. The number of aromatic nitrogens is 1. The van der Waals surface area contributed by atoms with Crippen LogP contribution in [-0.2, 0) is 22.6 Å². The van der Waals surface area contributed by atoms with Crippen LogP contribution in [0.5, 0.6) is 5.75 Å². The number of rotatable bonds is 8. The average Bonchev–Trinajstić information content (AvgIpc) is 3.29. The number of fused-ring (bicyclic) bond motifs is 1. The highest BCUT2D eigenvalue weighted by molar-refractivity contribution is 5.95. The third kappa shape index (κ3) is 6.55. The Kier molecular flexibility index (Phi) is 8.88. The Morgan fingerprint density at radius 1 is 1.17 bits per heavy atom. The molecule has 4 rings (SSSR count). The van der Waals surface area contributed by atoms with Crippen molar-refractivity contribution >= 4 is 23.0 Å². The molecular formula is C30H34F2N2O8. The summed E-state index contributed by atoms with van der Waals surface area (Å²) in [6.45, 7) is 5.37.